The van der Waals surface area contributed by atoms with Crippen molar-refractivity contribution in [2.45, 2.75) is 70.2 Å². The van der Waals surface area contributed by atoms with Gasteiger partial charge in [0, 0.05) is 69.8 Å². The largest absolute Gasteiger partial charge is 0.388 e. The summed E-state index contributed by atoms with van der Waals surface area (Å²) in [5.74, 6) is -0.000440. The van der Waals surface area contributed by atoms with Gasteiger partial charge in [-0.3, -0.25) is 4.79 Å². The summed E-state index contributed by atoms with van der Waals surface area (Å²) >= 11 is 0. The molecule has 160 valence electrons. The van der Waals surface area contributed by atoms with Crippen LogP contribution in [0.5, 0.6) is 0 Å². The van der Waals surface area contributed by atoms with Crippen LogP contribution in [0, 0.1) is 0 Å². The first-order valence-electron chi connectivity index (χ1n) is 10.8. The minimum Gasteiger partial charge on any atom is -0.388 e. The molecule has 2 aromatic heterocycles. The van der Waals surface area contributed by atoms with Gasteiger partial charge in [0.15, 0.2) is 5.65 Å². The van der Waals surface area contributed by atoms with Gasteiger partial charge in [-0.15, -0.1) is 0 Å². The fraction of sp³-hybridized carbons (Fsp3) is 0.619. The summed E-state index contributed by atoms with van der Waals surface area (Å²) in [6.45, 7) is 5.92. The van der Waals surface area contributed by atoms with Crippen LogP contribution in [0.15, 0.2) is 17.5 Å². The molecule has 0 unspecified atom stereocenters. The number of amides is 1. The second-order valence-electron chi connectivity index (χ2n) is 8.57. The zero-order valence-electron chi connectivity index (χ0n) is 17.5. The van der Waals surface area contributed by atoms with E-state index in [1.165, 1.54) is 0 Å². The highest BCUT2D eigenvalue weighted by Crippen LogP contribution is 2.44. The molecule has 4 heterocycles. The topological polar surface area (TPSA) is 103 Å². The lowest BCUT2D eigenvalue weighted by Gasteiger charge is -2.42. The lowest BCUT2D eigenvalue weighted by Crippen LogP contribution is -2.54. The standard InChI is InChI=1S/C21H28N6O3/c1-3-27-20-17(12-23-27)19(25-14-4-6-29-7-5-14)16(11-22-20)18-10-21(30-26-18)8-15(9-21)24-13(2)28/h11-12,14-15H,3-10H2,1-2H3,(H,22,25)(H,24,28). The first-order valence-corrected chi connectivity index (χ1v) is 10.8. The summed E-state index contributed by atoms with van der Waals surface area (Å²) in [6.07, 6.45) is 8.01. The predicted molar refractivity (Wildman–Crippen MR) is 112 cm³/mol. The van der Waals surface area contributed by atoms with Crippen molar-refractivity contribution in [2.24, 2.45) is 5.16 Å². The Balaban J connectivity index is 1.42. The minimum atomic E-state index is -0.305. The molecule has 1 saturated carbocycles. The Hall–Kier alpha value is -2.68. The van der Waals surface area contributed by atoms with E-state index in [1.807, 2.05) is 17.1 Å². The van der Waals surface area contributed by atoms with Crippen molar-refractivity contribution in [3.63, 3.8) is 0 Å². The van der Waals surface area contributed by atoms with Crippen LogP contribution in [0.1, 0.15) is 51.5 Å². The number of carbonyl (C=O) groups excluding carboxylic acids is 1. The Bertz CT molecular complexity index is 988. The Morgan fingerprint density at radius 3 is 2.80 bits per heavy atom. The molecule has 1 spiro atoms. The second-order valence-corrected chi connectivity index (χ2v) is 8.57. The van der Waals surface area contributed by atoms with Crippen molar-refractivity contribution in [1.29, 1.82) is 0 Å². The molecule has 2 fully saturated rings. The van der Waals surface area contributed by atoms with Gasteiger partial charge >= 0.3 is 0 Å². The molecule has 0 aromatic carbocycles. The number of fused-ring (bicyclic) bond motifs is 1. The number of oxime groups is 1. The van der Waals surface area contributed by atoms with Crippen LogP contribution in [0.25, 0.3) is 11.0 Å². The number of ether oxygens (including phenoxy) is 1. The quantitative estimate of drug-likeness (QED) is 0.781. The molecule has 0 radical (unpaired) electrons. The van der Waals surface area contributed by atoms with E-state index in [2.05, 4.69) is 27.8 Å². The molecular weight excluding hydrogens is 384 g/mol. The van der Waals surface area contributed by atoms with E-state index in [1.54, 1.807) is 6.92 Å². The number of hydrogen-bond acceptors (Lipinski definition) is 7. The number of hydrogen-bond donors (Lipinski definition) is 2. The normalized spacial score (nSPS) is 26.3. The van der Waals surface area contributed by atoms with Gasteiger partial charge < -0.3 is 20.2 Å². The highest BCUT2D eigenvalue weighted by Gasteiger charge is 2.51. The zero-order valence-corrected chi connectivity index (χ0v) is 17.5. The van der Waals surface area contributed by atoms with Crippen molar-refractivity contribution in [1.82, 2.24) is 20.1 Å². The number of carbonyl (C=O) groups is 1. The van der Waals surface area contributed by atoms with Crippen LogP contribution in [-0.2, 0) is 20.9 Å². The summed E-state index contributed by atoms with van der Waals surface area (Å²) in [5, 5.41) is 16.7. The van der Waals surface area contributed by atoms with E-state index in [0.29, 0.717) is 6.04 Å². The maximum atomic E-state index is 11.3. The highest BCUT2D eigenvalue weighted by atomic mass is 16.7. The molecule has 30 heavy (non-hydrogen) atoms. The van der Waals surface area contributed by atoms with E-state index in [9.17, 15) is 4.79 Å². The molecule has 5 rings (SSSR count). The van der Waals surface area contributed by atoms with Crippen LogP contribution in [-0.4, -0.2) is 57.3 Å². The number of anilines is 1. The van der Waals surface area contributed by atoms with Gasteiger partial charge in [0.1, 0.15) is 5.60 Å². The lowest BCUT2D eigenvalue weighted by molar-refractivity contribution is -0.126. The second kappa shape index (κ2) is 7.54. The molecule has 0 atom stereocenters. The Morgan fingerprint density at radius 1 is 1.27 bits per heavy atom. The van der Waals surface area contributed by atoms with Crippen LogP contribution in [0.2, 0.25) is 0 Å². The maximum Gasteiger partial charge on any atom is 0.217 e. The van der Waals surface area contributed by atoms with Gasteiger partial charge in [-0.1, -0.05) is 5.16 Å². The molecule has 3 aliphatic rings. The van der Waals surface area contributed by atoms with Crippen molar-refractivity contribution in [2.75, 3.05) is 18.5 Å². The SMILES string of the molecule is CCn1ncc2c(NC3CCOCC3)c(C3=NOC4(C3)CC(NC(C)=O)C4)cnc21. The zero-order chi connectivity index (χ0) is 20.7. The van der Waals surface area contributed by atoms with Gasteiger partial charge in [-0.2, -0.15) is 5.10 Å². The number of nitrogens with one attached hydrogen (secondary N) is 2. The third-order valence-electron chi connectivity index (χ3n) is 6.33. The van der Waals surface area contributed by atoms with E-state index < -0.39 is 0 Å². The first-order chi connectivity index (χ1) is 14.6. The first kappa shape index (κ1) is 19.3. The highest BCUT2D eigenvalue weighted by molar-refractivity contribution is 6.10. The molecule has 2 N–H and O–H groups in total. The summed E-state index contributed by atoms with van der Waals surface area (Å²) in [7, 11) is 0. The molecule has 2 aliphatic heterocycles. The molecule has 1 saturated heterocycles. The fourth-order valence-electron chi connectivity index (χ4n) is 4.79. The summed E-state index contributed by atoms with van der Waals surface area (Å²) < 4.78 is 7.43. The summed E-state index contributed by atoms with van der Waals surface area (Å²) in [5.41, 5.74) is 3.48. The maximum absolute atomic E-state index is 11.3. The Kier molecular flexibility index (Phi) is 4.85. The van der Waals surface area contributed by atoms with Crippen molar-refractivity contribution < 1.29 is 14.4 Å². The average Bonchev–Trinajstić information content (AvgIpc) is 3.33. The molecule has 0 bridgehead atoms. The van der Waals surface area contributed by atoms with Crippen LogP contribution < -0.4 is 10.6 Å². The van der Waals surface area contributed by atoms with E-state index >= 15 is 0 Å². The van der Waals surface area contributed by atoms with Crippen LogP contribution in [0.4, 0.5) is 5.69 Å². The van der Waals surface area contributed by atoms with Crippen molar-refractivity contribution in [3.05, 3.63) is 18.0 Å². The van der Waals surface area contributed by atoms with Crippen molar-refractivity contribution >= 4 is 28.3 Å². The van der Waals surface area contributed by atoms with Gasteiger partial charge in [0.2, 0.25) is 5.91 Å². The van der Waals surface area contributed by atoms with Gasteiger partial charge in [-0.25, -0.2) is 9.67 Å². The van der Waals surface area contributed by atoms with E-state index in [0.717, 1.165) is 79.9 Å². The molecule has 1 amide bonds. The number of aromatic nitrogens is 3. The molecule has 9 heteroatoms. The van der Waals surface area contributed by atoms with Gasteiger partial charge in [-0.05, 0) is 19.8 Å². The van der Waals surface area contributed by atoms with Crippen LogP contribution in [0.3, 0.4) is 0 Å². The molecule has 2 aromatic rings. The smallest absolute Gasteiger partial charge is 0.217 e. The average molecular weight is 412 g/mol. The third-order valence-corrected chi connectivity index (χ3v) is 6.33. The number of aryl methyl sites for hydroxylation is 1. The van der Waals surface area contributed by atoms with E-state index in [4.69, 9.17) is 14.6 Å². The lowest BCUT2D eigenvalue weighted by atomic mass is 9.72. The molecule has 1 aliphatic carbocycles. The third kappa shape index (κ3) is 3.40. The van der Waals surface area contributed by atoms with Crippen molar-refractivity contribution in [3.8, 4) is 0 Å². The Labute approximate surface area is 175 Å². The fourth-order valence-corrected chi connectivity index (χ4v) is 4.79. The van der Waals surface area contributed by atoms with Gasteiger partial charge in [0.25, 0.3) is 0 Å². The van der Waals surface area contributed by atoms with Gasteiger partial charge in [0.05, 0.1) is 23.0 Å². The monoisotopic (exact) mass is 412 g/mol. The number of rotatable bonds is 5. The molecular formula is C21H28N6O3. The predicted octanol–water partition coefficient (Wildman–Crippen LogP) is 2.20. The summed E-state index contributed by atoms with van der Waals surface area (Å²) in [4.78, 5) is 21.9. The number of pyridine rings is 1. The van der Waals surface area contributed by atoms with E-state index in [-0.39, 0.29) is 17.6 Å². The Morgan fingerprint density at radius 2 is 2.07 bits per heavy atom. The molecule has 9 nitrogen and oxygen atoms in total. The summed E-state index contributed by atoms with van der Waals surface area (Å²) in [6, 6.07) is 0.512. The van der Waals surface area contributed by atoms with Crippen LogP contribution >= 0.6 is 0 Å². The minimum absolute atomic E-state index is 0.000440. The number of nitrogens with zero attached hydrogens (tertiary/aromatic N) is 4.